The van der Waals surface area contributed by atoms with Crippen LogP contribution in [0.2, 0.25) is 0 Å². The van der Waals surface area contributed by atoms with Crippen molar-refractivity contribution < 1.29 is 14.3 Å². The van der Waals surface area contributed by atoms with Gasteiger partial charge >= 0.3 is 0 Å². The lowest BCUT2D eigenvalue weighted by Gasteiger charge is -2.42. The van der Waals surface area contributed by atoms with E-state index >= 15 is 0 Å². The first-order valence-electron chi connectivity index (χ1n) is 12.9. The summed E-state index contributed by atoms with van der Waals surface area (Å²) in [6.07, 6.45) is 4.61. The molecule has 36 heavy (non-hydrogen) atoms. The van der Waals surface area contributed by atoms with Crippen molar-refractivity contribution in [1.82, 2.24) is 5.32 Å². The Hall–Kier alpha value is -2.79. The van der Waals surface area contributed by atoms with E-state index in [2.05, 4.69) is 63.3 Å². The molecular formula is C31H37NO3S. The number of ether oxygens (including phenoxy) is 2. The lowest BCUT2D eigenvalue weighted by molar-refractivity contribution is 0.0936. The van der Waals surface area contributed by atoms with Gasteiger partial charge in [0.2, 0.25) is 0 Å². The van der Waals surface area contributed by atoms with Crippen LogP contribution < -0.4 is 14.8 Å². The van der Waals surface area contributed by atoms with Crippen molar-refractivity contribution in [2.24, 2.45) is 5.92 Å². The minimum Gasteiger partial charge on any atom is -0.497 e. The highest BCUT2D eigenvalue weighted by Crippen LogP contribution is 2.50. The third-order valence-corrected chi connectivity index (χ3v) is 9.24. The van der Waals surface area contributed by atoms with Crippen molar-refractivity contribution in [2.45, 2.75) is 70.3 Å². The second-order valence-corrected chi connectivity index (χ2v) is 12.7. The van der Waals surface area contributed by atoms with Crippen LogP contribution in [0.15, 0.2) is 48.5 Å². The summed E-state index contributed by atoms with van der Waals surface area (Å²) in [5.41, 5.74) is 5.20. The molecule has 5 rings (SSSR count). The fourth-order valence-corrected chi connectivity index (χ4v) is 6.42. The van der Waals surface area contributed by atoms with Crippen molar-refractivity contribution in [3.63, 3.8) is 0 Å². The van der Waals surface area contributed by atoms with Crippen molar-refractivity contribution in [3.8, 4) is 21.9 Å². The first-order valence-corrected chi connectivity index (χ1v) is 13.7. The Kier molecular flexibility index (Phi) is 6.40. The highest BCUT2D eigenvalue weighted by atomic mass is 32.1. The zero-order chi connectivity index (χ0) is 25.7. The van der Waals surface area contributed by atoms with Gasteiger partial charge in [-0.05, 0) is 95.5 Å². The molecule has 0 bridgehead atoms. The second-order valence-electron chi connectivity index (χ2n) is 11.6. The maximum atomic E-state index is 13.3. The minimum absolute atomic E-state index is 0.0163. The van der Waals surface area contributed by atoms with E-state index in [9.17, 15) is 4.79 Å². The van der Waals surface area contributed by atoms with Crippen LogP contribution in [0.3, 0.4) is 0 Å². The summed E-state index contributed by atoms with van der Waals surface area (Å²) in [5.74, 6) is 2.18. The molecule has 0 radical (unpaired) electrons. The summed E-state index contributed by atoms with van der Waals surface area (Å²) >= 11 is 1.54. The molecular weight excluding hydrogens is 466 g/mol. The van der Waals surface area contributed by atoms with E-state index in [0.717, 1.165) is 58.1 Å². The number of rotatable bonds is 7. The number of carbonyl (C=O) groups is 1. The van der Waals surface area contributed by atoms with E-state index in [1.807, 2.05) is 18.2 Å². The second kappa shape index (κ2) is 9.26. The summed E-state index contributed by atoms with van der Waals surface area (Å²) in [6, 6.07) is 16.6. The number of benzene rings is 2. The van der Waals surface area contributed by atoms with Crippen LogP contribution >= 0.6 is 11.3 Å². The summed E-state index contributed by atoms with van der Waals surface area (Å²) in [6.45, 7) is 9.32. The molecule has 4 nitrogen and oxygen atoms in total. The lowest BCUT2D eigenvalue weighted by atomic mass is 9.63. The molecule has 2 aliphatic rings. The topological polar surface area (TPSA) is 47.6 Å². The molecule has 1 atom stereocenters. The van der Waals surface area contributed by atoms with E-state index in [-0.39, 0.29) is 22.8 Å². The van der Waals surface area contributed by atoms with Gasteiger partial charge in [-0.3, -0.25) is 4.79 Å². The van der Waals surface area contributed by atoms with Gasteiger partial charge in [0, 0.05) is 10.4 Å². The number of nitrogens with one attached hydrogen (secondary N) is 1. The van der Waals surface area contributed by atoms with Crippen LogP contribution in [0.4, 0.5) is 0 Å². The van der Waals surface area contributed by atoms with Crippen LogP contribution in [0.1, 0.15) is 85.8 Å². The Morgan fingerprint density at radius 3 is 2.14 bits per heavy atom. The van der Waals surface area contributed by atoms with Crippen molar-refractivity contribution >= 4 is 17.2 Å². The molecule has 2 aliphatic carbocycles. The molecule has 1 fully saturated rings. The van der Waals surface area contributed by atoms with Gasteiger partial charge < -0.3 is 14.8 Å². The smallest absolute Gasteiger partial charge is 0.261 e. The predicted octanol–water partition coefficient (Wildman–Crippen LogP) is 7.66. The van der Waals surface area contributed by atoms with E-state index in [1.54, 1.807) is 14.2 Å². The number of amides is 1. The molecule has 190 valence electrons. The molecule has 1 unspecified atom stereocenters. The molecule has 1 aromatic heterocycles. The summed E-state index contributed by atoms with van der Waals surface area (Å²) < 4.78 is 11.2. The van der Waals surface area contributed by atoms with Crippen LogP contribution in [-0.2, 0) is 10.8 Å². The fraction of sp³-hybridized carbons (Fsp3) is 0.452. The minimum atomic E-state index is -0.0163. The summed E-state index contributed by atoms with van der Waals surface area (Å²) in [7, 11) is 3.41. The average molecular weight is 504 g/mol. The fourth-order valence-electron chi connectivity index (χ4n) is 5.49. The highest BCUT2D eigenvalue weighted by Gasteiger charge is 2.38. The Morgan fingerprint density at radius 2 is 1.56 bits per heavy atom. The molecule has 0 aliphatic heterocycles. The van der Waals surface area contributed by atoms with Gasteiger partial charge in [-0.2, -0.15) is 0 Å². The van der Waals surface area contributed by atoms with E-state index in [1.165, 1.54) is 22.5 Å². The van der Waals surface area contributed by atoms with Crippen molar-refractivity contribution in [3.05, 3.63) is 70.1 Å². The number of fused-ring (bicyclic) bond motifs is 1. The van der Waals surface area contributed by atoms with Gasteiger partial charge in [0.15, 0.2) is 0 Å². The van der Waals surface area contributed by atoms with E-state index < -0.39 is 0 Å². The first-order chi connectivity index (χ1) is 17.1. The third kappa shape index (κ3) is 4.66. The van der Waals surface area contributed by atoms with Crippen LogP contribution in [0, 0.1) is 5.92 Å². The monoisotopic (exact) mass is 503 g/mol. The summed E-state index contributed by atoms with van der Waals surface area (Å²) in [4.78, 5) is 15.1. The van der Waals surface area contributed by atoms with E-state index in [0.29, 0.717) is 5.92 Å². The summed E-state index contributed by atoms with van der Waals surface area (Å²) in [5, 5.41) is 3.32. The average Bonchev–Trinajstić information content (AvgIpc) is 3.59. The van der Waals surface area contributed by atoms with Crippen LogP contribution in [0.25, 0.3) is 10.4 Å². The molecule has 3 aromatic rings. The zero-order valence-electron chi connectivity index (χ0n) is 22.2. The molecule has 0 saturated heterocycles. The predicted molar refractivity (Wildman–Crippen MR) is 148 cm³/mol. The molecule has 0 spiro atoms. The molecule has 5 heteroatoms. The van der Waals surface area contributed by atoms with E-state index in [4.69, 9.17) is 9.47 Å². The van der Waals surface area contributed by atoms with Crippen LogP contribution in [0.5, 0.6) is 11.5 Å². The Balaban J connectivity index is 1.43. The largest absolute Gasteiger partial charge is 0.497 e. The van der Waals surface area contributed by atoms with Gasteiger partial charge in [-0.15, -0.1) is 11.3 Å². The number of thiophene rings is 1. The van der Waals surface area contributed by atoms with Gasteiger partial charge in [-0.1, -0.05) is 39.8 Å². The number of methoxy groups -OCH3 is 2. The van der Waals surface area contributed by atoms with Gasteiger partial charge in [0.25, 0.3) is 5.91 Å². The Labute approximate surface area is 219 Å². The SMILES string of the molecule is COc1ccc(C(NC(=O)c2ccc(-c3cc4c(cc3OC)C(C)(C)CCC4(C)C)s2)C2CC2)cc1. The van der Waals surface area contributed by atoms with Crippen molar-refractivity contribution in [2.75, 3.05) is 14.2 Å². The maximum Gasteiger partial charge on any atom is 0.261 e. The van der Waals surface area contributed by atoms with Crippen molar-refractivity contribution in [1.29, 1.82) is 0 Å². The number of carbonyl (C=O) groups excluding carboxylic acids is 1. The molecule has 1 amide bonds. The molecule has 1 saturated carbocycles. The first kappa shape index (κ1) is 24.9. The van der Waals surface area contributed by atoms with Crippen LogP contribution in [-0.4, -0.2) is 20.1 Å². The Morgan fingerprint density at radius 1 is 0.917 bits per heavy atom. The lowest BCUT2D eigenvalue weighted by Crippen LogP contribution is -2.33. The molecule has 2 aromatic carbocycles. The highest BCUT2D eigenvalue weighted by molar-refractivity contribution is 7.17. The zero-order valence-corrected chi connectivity index (χ0v) is 23.1. The van der Waals surface area contributed by atoms with Gasteiger partial charge in [-0.25, -0.2) is 0 Å². The quantitative estimate of drug-likeness (QED) is 0.360. The maximum absolute atomic E-state index is 13.3. The normalized spacial score (nSPS) is 18.7. The molecule has 1 N–H and O–H groups in total. The van der Waals surface area contributed by atoms with Gasteiger partial charge in [0.1, 0.15) is 11.5 Å². The Bertz CT molecular complexity index is 1270. The number of hydrogen-bond donors (Lipinski definition) is 1. The standard InChI is InChI=1S/C31H37NO3S/c1-30(2)15-16-31(3,4)24-18-25(35-6)22(17-23(24)30)26-13-14-27(36-26)29(33)32-28(19-7-8-19)20-9-11-21(34-5)12-10-20/h9-14,17-19,28H,7-8,15-16H2,1-6H3,(H,32,33). The third-order valence-electron chi connectivity index (χ3n) is 8.12. The molecule has 1 heterocycles. The number of hydrogen-bond acceptors (Lipinski definition) is 4. The van der Waals surface area contributed by atoms with Gasteiger partial charge in [0.05, 0.1) is 25.1 Å².